The molecule has 3 fully saturated rings. The van der Waals surface area contributed by atoms with Crippen molar-refractivity contribution >= 4 is 56.3 Å². The van der Waals surface area contributed by atoms with Crippen LogP contribution >= 0.6 is 22.9 Å². The minimum Gasteiger partial charge on any atom is -0.477 e. The number of rotatable bonds is 7. The molecule has 2 atom stereocenters. The first-order valence-corrected chi connectivity index (χ1v) is 17.4. The summed E-state index contributed by atoms with van der Waals surface area (Å²) in [7, 11) is -4.02. The van der Waals surface area contributed by atoms with Gasteiger partial charge < -0.3 is 14.9 Å². The molecule has 9 nitrogen and oxygen atoms in total. The van der Waals surface area contributed by atoms with Crippen molar-refractivity contribution < 1.29 is 23.1 Å². The molecule has 43 heavy (non-hydrogen) atoms. The number of hydrogen-bond acceptors (Lipinski definition) is 7. The van der Waals surface area contributed by atoms with Crippen LogP contribution in [0.15, 0.2) is 53.6 Å². The molecular formula is C31H35ClN4O5S2. The number of halogens is 1. The standard InChI is InChI=1S/C31H35ClN4O5S2/c1-20-6-5-15-35(20)28-14-13-24(17-33-28)43(40,41)34-18-26(21-7-3-2-4-8-21)36(29(37)19-34)25-16-27(42-30(25)31(38)39)22-9-11-23(32)12-10-22/h9-14,16-17,20-21,26H,2-8,15,18-19H2,1H3,(H,38,39). The Labute approximate surface area is 261 Å². The average molecular weight is 643 g/mol. The van der Waals surface area contributed by atoms with E-state index in [0.29, 0.717) is 21.6 Å². The van der Waals surface area contributed by atoms with Crippen molar-refractivity contribution in [3.05, 3.63) is 58.6 Å². The number of aromatic nitrogens is 1. The fraction of sp³-hybridized carbons (Fsp3) is 0.452. The van der Waals surface area contributed by atoms with Crippen molar-refractivity contribution in [2.75, 3.05) is 29.4 Å². The number of aromatic carboxylic acids is 1. The number of carboxylic acid groups (broad SMARTS) is 1. The van der Waals surface area contributed by atoms with E-state index in [9.17, 15) is 23.1 Å². The smallest absolute Gasteiger partial charge is 0.348 e. The molecule has 1 amide bonds. The Morgan fingerprint density at radius 1 is 1.05 bits per heavy atom. The molecule has 1 aromatic carbocycles. The highest BCUT2D eigenvalue weighted by molar-refractivity contribution is 7.89. The van der Waals surface area contributed by atoms with Gasteiger partial charge in [0.05, 0.1) is 18.3 Å². The molecule has 4 heterocycles. The number of thiophene rings is 1. The zero-order valence-electron chi connectivity index (χ0n) is 24.0. The molecule has 1 N–H and O–H groups in total. The van der Waals surface area contributed by atoms with Gasteiger partial charge in [-0.1, -0.05) is 43.0 Å². The molecule has 1 saturated carbocycles. The Hall–Kier alpha value is -2.99. The van der Waals surface area contributed by atoms with E-state index in [0.717, 1.165) is 74.2 Å². The highest BCUT2D eigenvalue weighted by Crippen LogP contribution is 2.42. The number of anilines is 2. The maximum absolute atomic E-state index is 14.0. The van der Waals surface area contributed by atoms with E-state index in [1.54, 1.807) is 35.2 Å². The number of carbonyl (C=O) groups excluding carboxylic acids is 1. The van der Waals surface area contributed by atoms with Crippen LogP contribution in [0.5, 0.6) is 0 Å². The fourth-order valence-corrected chi connectivity index (χ4v) is 9.20. The SMILES string of the molecule is CC1CCCN1c1ccc(S(=O)(=O)N2CC(=O)N(c3cc(-c4ccc(Cl)cc4)sc3C(=O)O)C(C3CCCCC3)C2)cn1. The summed E-state index contributed by atoms with van der Waals surface area (Å²) in [5.74, 6) is -0.749. The summed E-state index contributed by atoms with van der Waals surface area (Å²) in [5, 5.41) is 10.7. The summed E-state index contributed by atoms with van der Waals surface area (Å²) >= 11 is 7.17. The van der Waals surface area contributed by atoms with E-state index in [1.807, 2.05) is 12.1 Å². The number of carboxylic acids is 1. The lowest BCUT2D eigenvalue weighted by Gasteiger charge is -2.44. The monoisotopic (exact) mass is 642 g/mol. The first-order valence-electron chi connectivity index (χ1n) is 14.8. The third-order valence-electron chi connectivity index (χ3n) is 9.00. The van der Waals surface area contributed by atoms with E-state index < -0.39 is 27.9 Å². The van der Waals surface area contributed by atoms with Crippen molar-refractivity contribution in [1.82, 2.24) is 9.29 Å². The maximum Gasteiger partial charge on any atom is 0.348 e. The van der Waals surface area contributed by atoms with Crippen LogP contribution in [-0.2, 0) is 14.8 Å². The summed E-state index contributed by atoms with van der Waals surface area (Å²) in [6, 6.07) is 12.0. The second-order valence-corrected chi connectivity index (χ2v) is 15.1. The van der Waals surface area contributed by atoms with Gasteiger partial charge in [0.1, 0.15) is 15.6 Å². The van der Waals surface area contributed by atoms with Gasteiger partial charge in [-0.2, -0.15) is 4.31 Å². The quantitative estimate of drug-likeness (QED) is 0.330. The number of amides is 1. The summed E-state index contributed by atoms with van der Waals surface area (Å²) in [5.41, 5.74) is 1.12. The normalized spacial score (nSPS) is 22.3. The van der Waals surface area contributed by atoms with Crippen LogP contribution in [0.1, 0.15) is 61.5 Å². The van der Waals surface area contributed by atoms with Gasteiger partial charge in [-0.25, -0.2) is 18.2 Å². The van der Waals surface area contributed by atoms with E-state index >= 15 is 0 Å². The Kier molecular flexibility index (Phi) is 8.52. The molecule has 2 unspecified atom stereocenters. The van der Waals surface area contributed by atoms with Gasteiger partial charge in [0.15, 0.2) is 0 Å². The van der Waals surface area contributed by atoms with E-state index in [-0.39, 0.29) is 28.8 Å². The fourth-order valence-electron chi connectivity index (χ4n) is 6.73. The maximum atomic E-state index is 14.0. The van der Waals surface area contributed by atoms with Crippen LogP contribution in [0.3, 0.4) is 0 Å². The number of sulfonamides is 1. The van der Waals surface area contributed by atoms with Crippen LogP contribution in [0, 0.1) is 5.92 Å². The van der Waals surface area contributed by atoms with Crippen molar-refractivity contribution in [2.45, 2.75) is 68.8 Å². The minimum absolute atomic E-state index is 0.0494. The van der Waals surface area contributed by atoms with Gasteiger partial charge in [0.2, 0.25) is 15.9 Å². The number of pyridine rings is 1. The third-order valence-corrected chi connectivity index (χ3v) is 12.2. The molecule has 6 rings (SSSR count). The molecule has 0 bridgehead atoms. The predicted molar refractivity (Wildman–Crippen MR) is 169 cm³/mol. The number of benzene rings is 1. The first kappa shape index (κ1) is 30.1. The number of nitrogens with zero attached hydrogens (tertiary/aromatic N) is 4. The molecule has 2 aromatic heterocycles. The second-order valence-electron chi connectivity index (χ2n) is 11.7. The number of carbonyl (C=O) groups is 2. The number of piperazine rings is 1. The Bertz CT molecular complexity index is 1600. The highest BCUT2D eigenvalue weighted by Gasteiger charge is 2.44. The van der Waals surface area contributed by atoms with Crippen molar-refractivity contribution in [1.29, 1.82) is 0 Å². The molecule has 3 aliphatic rings. The molecule has 3 aromatic rings. The molecule has 12 heteroatoms. The van der Waals surface area contributed by atoms with E-state index in [4.69, 9.17) is 11.6 Å². The second kappa shape index (κ2) is 12.2. The minimum atomic E-state index is -4.02. The topological polar surface area (TPSA) is 111 Å². The zero-order valence-corrected chi connectivity index (χ0v) is 26.4. The molecule has 0 spiro atoms. The summed E-state index contributed by atoms with van der Waals surface area (Å²) < 4.78 is 29.0. The van der Waals surface area contributed by atoms with Gasteiger partial charge >= 0.3 is 5.97 Å². The molecule has 1 aliphatic carbocycles. The van der Waals surface area contributed by atoms with E-state index in [1.165, 1.54) is 10.5 Å². The van der Waals surface area contributed by atoms with Crippen LogP contribution in [0.25, 0.3) is 10.4 Å². The summed E-state index contributed by atoms with van der Waals surface area (Å²) in [4.78, 5) is 35.5. The largest absolute Gasteiger partial charge is 0.477 e. The first-order chi connectivity index (χ1) is 20.6. The van der Waals surface area contributed by atoms with E-state index in [2.05, 4.69) is 16.8 Å². The summed E-state index contributed by atoms with van der Waals surface area (Å²) in [6.07, 6.45) is 8.31. The van der Waals surface area contributed by atoms with Gasteiger partial charge in [0.25, 0.3) is 0 Å². The Balaban J connectivity index is 1.33. The highest BCUT2D eigenvalue weighted by atomic mass is 35.5. The average Bonchev–Trinajstić information content (AvgIpc) is 3.64. The van der Waals surface area contributed by atoms with Crippen LogP contribution in [0.4, 0.5) is 11.5 Å². The lowest BCUT2D eigenvalue weighted by molar-refractivity contribution is -0.121. The molecule has 2 saturated heterocycles. The molecule has 228 valence electrons. The summed E-state index contributed by atoms with van der Waals surface area (Å²) in [6.45, 7) is 2.74. The van der Waals surface area contributed by atoms with Crippen molar-refractivity contribution in [3.63, 3.8) is 0 Å². The number of hydrogen-bond donors (Lipinski definition) is 1. The predicted octanol–water partition coefficient (Wildman–Crippen LogP) is 6.14. The van der Waals surface area contributed by atoms with Crippen LogP contribution < -0.4 is 9.80 Å². The zero-order chi connectivity index (χ0) is 30.3. The lowest BCUT2D eigenvalue weighted by atomic mass is 9.82. The Morgan fingerprint density at radius 3 is 2.42 bits per heavy atom. The van der Waals surface area contributed by atoms with Crippen molar-refractivity contribution in [2.24, 2.45) is 5.92 Å². The third kappa shape index (κ3) is 5.92. The van der Waals surface area contributed by atoms with Crippen LogP contribution in [0.2, 0.25) is 5.02 Å². The van der Waals surface area contributed by atoms with Crippen LogP contribution in [-0.4, -0.2) is 66.4 Å². The van der Waals surface area contributed by atoms with Gasteiger partial charge in [-0.15, -0.1) is 11.3 Å². The van der Waals surface area contributed by atoms with Gasteiger partial charge in [-0.3, -0.25) is 4.79 Å². The molecular weight excluding hydrogens is 608 g/mol. The Morgan fingerprint density at radius 2 is 1.79 bits per heavy atom. The van der Waals surface area contributed by atoms with Gasteiger partial charge in [-0.05, 0) is 74.4 Å². The van der Waals surface area contributed by atoms with Crippen molar-refractivity contribution in [3.8, 4) is 10.4 Å². The lowest BCUT2D eigenvalue weighted by Crippen LogP contribution is -2.60. The molecule has 2 aliphatic heterocycles. The van der Waals surface area contributed by atoms with Gasteiger partial charge in [0, 0.05) is 35.2 Å². The molecule has 0 radical (unpaired) electrons.